The third-order valence-electron chi connectivity index (χ3n) is 7.83. The van der Waals surface area contributed by atoms with Crippen LogP contribution in [0.5, 0.6) is 0 Å². The molecule has 3 rings (SSSR count). The molecule has 0 aromatic heterocycles. The van der Waals surface area contributed by atoms with Gasteiger partial charge in [-0.15, -0.1) is 0 Å². The van der Waals surface area contributed by atoms with E-state index >= 15 is 0 Å². The lowest BCUT2D eigenvalue weighted by Gasteiger charge is -2.51. The number of hydrogen-bond donors (Lipinski definition) is 0. The van der Waals surface area contributed by atoms with Gasteiger partial charge in [0.15, 0.2) is 0 Å². The Morgan fingerprint density at radius 1 is 0.565 bits per heavy atom. The molecule has 0 bridgehead atoms. The summed E-state index contributed by atoms with van der Waals surface area (Å²) in [6, 6.07) is 0. The van der Waals surface area contributed by atoms with Crippen LogP contribution in [0.2, 0.25) is 0 Å². The van der Waals surface area contributed by atoms with Crippen molar-refractivity contribution in [3.05, 3.63) is 0 Å². The third-order valence-corrected chi connectivity index (χ3v) is 7.83. The SMILES string of the molecule is CCCCCCCCCC1CCCC2C3CCCCC3CCC12. The molecule has 3 saturated carbocycles. The first-order valence-electron chi connectivity index (χ1n) is 11.4. The van der Waals surface area contributed by atoms with Gasteiger partial charge in [0.05, 0.1) is 0 Å². The number of rotatable bonds is 8. The van der Waals surface area contributed by atoms with Crippen molar-refractivity contribution in [2.75, 3.05) is 0 Å². The Labute approximate surface area is 146 Å². The minimum Gasteiger partial charge on any atom is -0.0654 e. The number of unbranched alkanes of at least 4 members (excludes halogenated alkanes) is 6. The zero-order valence-electron chi connectivity index (χ0n) is 15.9. The topological polar surface area (TPSA) is 0 Å². The van der Waals surface area contributed by atoms with Crippen LogP contribution >= 0.6 is 0 Å². The van der Waals surface area contributed by atoms with Gasteiger partial charge in [-0.2, -0.15) is 0 Å². The lowest BCUT2D eigenvalue weighted by atomic mass is 9.55. The number of hydrogen-bond acceptors (Lipinski definition) is 0. The molecule has 0 aromatic carbocycles. The van der Waals surface area contributed by atoms with E-state index in [1.807, 2.05) is 0 Å². The highest BCUT2D eigenvalue weighted by atomic mass is 14.5. The number of fused-ring (bicyclic) bond motifs is 3. The van der Waals surface area contributed by atoms with Crippen LogP contribution in [0.25, 0.3) is 0 Å². The molecule has 0 spiro atoms. The van der Waals surface area contributed by atoms with Crippen LogP contribution in [0.15, 0.2) is 0 Å². The second kappa shape index (κ2) is 9.47. The van der Waals surface area contributed by atoms with Gasteiger partial charge in [-0.3, -0.25) is 0 Å². The molecule has 3 fully saturated rings. The monoisotopic (exact) mass is 318 g/mol. The van der Waals surface area contributed by atoms with Crippen LogP contribution in [-0.2, 0) is 0 Å². The fourth-order valence-electron chi connectivity index (χ4n) is 6.66. The van der Waals surface area contributed by atoms with Gasteiger partial charge in [-0.1, -0.05) is 90.4 Å². The van der Waals surface area contributed by atoms with Crippen LogP contribution in [0, 0.1) is 29.6 Å². The van der Waals surface area contributed by atoms with Gasteiger partial charge < -0.3 is 0 Å². The minimum atomic E-state index is 1.12. The van der Waals surface area contributed by atoms with Gasteiger partial charge in [-0.25, -0.2) is 0 Å². The van der Waals surface area contributed by atoms with Crippen molar-refractivity contribution in [3.8, 4) is 0 Å². The molecule has 0 N–H and O–H groups in total. The van der Waals surface area contributed by atoms with Crippen molar-refractivity contribution in [2.24, 2.45) is 29.6 Å². The summed E-state index contributed by atoms with van der Waals surface area (Å²) in [7, 11) is 0. The van der Waals surface area contributed by atoms with E-state index in [4.69, 9.17) is 0 Å². The zero-order valence-corrected chi connectivity index (χ0v) is 15.9. The standard InChI is InChI=1S/C23H42/c1-2-3-4-5-6-7-8-12-19-14-11-16-23-21-15-10-9-13-20(21)17-18-22(19)23/h19-23H,2-18H2,1H3. The van der Waals surface area contributed by atoms with Crippen molar-refractivity contribution >= 4 is 0 Å². The summed E-state index contributed by atoms with van der Waals surface area (Å²) in [4.78, 5) is 0. The molecule has 5 unspecified atom stereocenters. The maximum atomic E-state index is 2.32. The van der Waals surface area contributed by atoms with Gasteiger partial charge in [0.2, 0.25) is 0 Å². The molecule has 0 heterocycles. The Morgan fingerprint density at radius 3 is 2.17 bits per heavy atom. The molecular weight excluding hydrogens is 276 g/mol. The molecule has 0 amide bonds. The summed E-state index contributed by atoms with van der Waals surface area (Å²) in [6.07, 6.45) is 26.1. The first kappa shape index (κ1) is 17.8. The molecule has 0 heteroatoms. The van der Waals surface area contributed by atoms with Crippen molar-refractivity contribution in [3.63, 3.8) is 0 Å². The van der Waals surface area contributed by atoms with Crippen molar-refractivity contribution in [2.45, 2.75) is 116 Å². The van der Waals surface area contributed by atoms with E-state index in [0.29, 0.717) is 0 Å². The highest BCUT2D eigenvalue weighted by molar-refractivity contribution is 4.94. The maximum absolute atomic E-state index is 2.32. The molecule has 5 atom stereocenters. The normalized spacial score (nSPS) is 37.2. The predicted molar refractivity (Wildman–Crippen MR) is 102 cm³/mol. The van der Waals surface area contributed by atoms with E-state index in [-0.39, 0.29) is 0 Å². The van der Waals surface area contributed by atoms with E-state index in [0.717, 1.165) is 29.6 Å². The lowest BCUT2D eigenvalue weighted by molar-refractivity contribution is -0.00637. The van der Waals surface area contributed by atoms with E-state index in [2.05, 4.69) is 6.92 Å². The summed E-state index contributed by atoms with van der Waals surface area (Å²) >= 11 is 0. The van der Waals surface area contributed by atoms with E-state index in [1.54, 1.807) is 64.2 Å². The van der Waals surface area contributed by atoms with Gasteiger partial charge in [0.25, 0.3) is 0 Å². The summed E-state index contributed by atoms with van der Waals surface area (Å²) in [5.74, 6) is 5.70. The van der Waals surface area contributed by atoms with Crippen molar-refractivity contribution in [1.82, 2.24) is 0 Å². The summed E-state index contributed by atoms with van der Waals surface area (Å²) < 4.78 is 0. The van der Waals surface area contributed by atoms with Crippen LogP contribution in [0.1, 0.15) is 116 Å². The molecule has 134 valence electrons. The smallest absolute Gasteiger partial charge is 0.0352 e. The van der Waals surface area contributed by atoms with Gasteiger partial charge in [-0.05, 0) is 55.3 Å². The molecule has 3 aliphatic rings. The van der Waals surface area contributed by atoms with E-state index < -0.39 is 0 Å². The Morgan fingerprint density at radius 2 is 1.30 bits per heavy atom. The second-order valence-corrected chi connectivity index (χ2v) is 9.21. The zero-order chi connectivity index (χ0) is 15.9. The average molecular weight is 319 g/mol. The molecule has 0 radical (unpaired) electrons. The molecular formula is C23H42. The van der Waals surface area contributed by atoms with Crippen LogP contribution in [0.3, 0.4) is 0 Å². The van der Waals surface area contributed by atoms with Gasteiger partial charge in [0.1, 0.15) is 0 Å². The molecule has 0 aliphatic heterocycles. The molecule has 0 aromatic rings. The summed E-state index contributed by atoms with van der Waals surface area (Å²) in [5, 5.41) is 0. The Kier molecular flexibility index (Phi) is 7.34. The predicted octanol–water partition coefficient (Wildman–Crippen LogP) is 7.76. The second-order valence-electron chi connectivity index (χ2n) is 9.21. The maximum Gasteiger partial charge on any atom is -0.0352 e. The first-order valence-corrected chi connectivity index (χ1v) is 11.4. The molecule has 23 heavy (non-hydrogen) atoms. The summed E-state index contributed by atoms with van der Waals surface area (Å²) in [5.41, 5.74) is 0. The summed E-state index contributed by atoms with van der Waals surface area (Å²) in [6.45, 7) is 2.32. The molecule has 0 saturated heterocycles. The fourth-order valence-corrected chi connectivity index (χ4v) is 6.66. The molecule has 0 nitrogen and oxygen atoms in total. The van der Waals surface area contributed by atoms with Crippen molar-refractivity contribution in [1.29, 1.82) is 0 Å². The highest BCUT2D eigenvalue weighted by Crippen LogP contribution is 2.53. The van der Waals surface area contributed by atoms with Crippen LogP contribution in [0.4, 0.5) is 0 Å². The Bertz CT molecular complexity index is 320. The van der Waals surface area contributed by atoms with E-state index in [9.17, 15) is 0 Å². The average Bonchev–Trinajstić information content (AvgIpc) is 2.61. The van der Waals surface area contributed by atoms with E-state index in [1.165, 1.54) is 44.9 Å². The van der Waals surface area contributed by atoms with Crippen LogP contribution in [-0.4, -0.2) is 0 Å². The fraction of sp³-hybridized carbons (Fsp3) is 1.00. The highest BCUT2D eigenvalue weighted by Gasteiger charge is 2.44. The van der Waals surface area contributed by atoms with Crippen molar-refractivity contribution < 1.29 is 0 Å². The Balaban J connectivity index is 1.40. The first-order chi connectivity index (χ1) is 11.4. The Hall–Kier alpha value is 0. The van der Waals surface area contributed by atoms with Gasteiger partial charge in [0, 0.05) is 0 Å². The largest absolute Gasteiger partial charge is 0.0654 e. The third kappa shape index (κ3) is 4.76. The molecule has 3 aliphatic carbocycles. The minimum absolute atomic E-state index is 1.12. The lowest BCUT2D eigenvalue weighted by Crippen LogP contribution is -2.41. The van der Waals surface area contributed by atoms with Gasteiger partial charge >= 0.3 is 0 Å². The quantitative estimate of drug-likeness (QED) is 0.401. The van der Waals surface area contributed by atoms with Crippen LogP contribution < -0.4 is 0 Å².